The Hall–Kier alpha value is -3.34. The van der Waals surface area contributed by atoms with E-state index >= 15 is 0 Å². The zero-order chi connectivity index (χ0) is 19.7. The number of anilines is 1. The third-order valence-corrected chi connectivity index (χ3v) is 4.53. The van der Waals surface area contributed by atoms with E-state index < -0.39 is 46.8 Å². The lowest BCUT2D eigenvalue weighted by molar-refractivity contribution is -0.135. The molecule has 8 heteroatoms. The van der Waals surface area contributed by atoms with Crippen LogP contribution in [0, 0.1) is 34.7 Å². The van der Waals surface area contributed by atoms with E-state index in [9.17, 15) is 22.8 Å². The molecule has 1 heterocycles. The molecule has 1 aliphatic rings. The molecule has 0 radical (unpaired) electrons. The summed E-state index contributed by atoms with van der Waals surface area (Å²) in [6, 6.07) is 10.1. The first-order valence-electron chi connectivity index (χ1n) is 8.03. The summed E-state index contributed by atoms with van der Waals surface area (Å²) in [6.45, 7) is 0.228. The zero-order valence-electron chi connectivity index (χ0n) is 14.2. The fraction of sp³-hybridized carbons (Fsp3) is 0.211. The Labute approximate surface area is 153 Å². The van der Waals surface area contributed by atoms with Gasteiger partial charge in [0.25, 0.3) is 0 Å². The highest BCUT2D eigenvalue weighted by atomic mass is 19.2. The van der Waals surface area contributed by atoms with Gasteiger partial charge >= 0.3 is 0 Å². The number of likely N-dealkylation sites (N-methyl/N-ethyl adjacent to an activating group) is 1. The molecule has 2 atom stereocenters. The van der Waals surface area contributed by atoms with Crippen molar-refractivity contribution in [2.24, 2.45) is 5.92 Å². The largest absolute Gasteiger partial charge is 0.344 e. The molecule has 138 valence electrons. The number of nitrogens with one attached hydrogen (secondary N) is 1. The van der Waals surface area contributed by atoms with Crippen molar-refractivity contribution < 1.29 is 22.8 Å². The number of carbonyl (C=O) groups is 2. The molecule has 1 fully saturated rings. The van der Waals surface area contributed by atoms with Crippen LogP contribution in [0.3, 0.4) is 0 Å². The maximum Gasteiger partial charge on any atom is 0.237 e. The second-order valence-corrected chi connectivity index (χ2v) is 6.25. The summed E-state index contributed by atoms with van der Waals surface area (Å²) >= 11 is 0. The van der Waals surface area contributed by atoms with Gasteiger partial charge in [-0.05, 0) is 29.8 Å². The standard InChI is InChI=1S/C19H14F3N3O2/c1-25-9-12(11-4-2-3-10(7-11)8-23)15(19(25)27)18(26)24-14-6-5-13(20)16(21)17(14)22/h2-7,12,15H,9H2,1H3,(H,24,26)/t12-,15+/m1/s1. The fourth-order valence-electron chi connectivity index (χ4n) is 3.16. The minimum absolute atomic E-state index is 0.228. The minimum Gasteiger partial charge on any atom is -0.344 e. The van der Waals surface area contributed by atoms with Crippen LogP contribution in [-0.2, 0) is 9.59 Å². The van der Waals surface area contributed by atoms with Crippen LogP contribution in [-0.4, -0.2) is 30.3 Å². The highest BCUT2D eigenvalue weighted by Crippen LogP contribution is 2.34. The molecule has 1 aliphatic heterocycles. The number of hydrogen-bond donors (Lipinski definition) is 1. The van der Waals surface area contributed by atoms with E-state index in [0.29, 0.717) is 17.2 Å². The van der Waals surface area contributed by atoms with Crippen LogP contribution < -0.4 is 5.32 Å². The third kappa shape index (κ3) is 3.36. The van der Waals surface area contributed by atoms with Crippen molar-refractivity contribution in [3.63, 3.8) is 0 Å². The molecule has 27 heavy (non-hydrogen) atoms. The summed E-state index contributed by atoms with van der Waals surface area (Å²) in [7, 11) is 1.52. The van der Waals surface area contributed by atoms with Crippen LogP contribution in [0.4, 0.5) is 18.9 Å². The molecular formula is C19H14F3N3O2. The van der Waals surface area contributed by atoms with E-state index in [1.807, 2.05) is 6.07 Å². The van der Waals surface area contributed by atoms with Crippen molar-refractivity contribution >= 4 is 17.5 Å². The van der Waals surface area contributed by atoms with Crippen molar-refractivity contribution in [3.8, 4) is 6.07 Å². The second kappa shape index (κ2) is 7.11. The van der Waals surface area contributed by atoms with Gasteiger partial charge in [-0.2, -0.15) is 5.26 Å². The monoisotopic (exact) mass is 373 g/mol. The van der Waals surface area contributed by atoms with Gasteiger partial charge in [0.2, 0.25) is 11.8 Å². The molecule has 5 nitrogen and oxygen atoms in total. The Morgan fingerprint density at radius 1 is 1.22 bits per heavy atom. The molecular weight excluding hydrogens is 359 g/mol. The molecule has 3 rings (SSSR count). The molecule has 0 unspecified atom stereocenters. The van der Waals surface area contributed by atoms with E-state index in [1.54, 1.807) is 24.3 Å². The van der Waals surface area contributed by atoms with Crippen molar-refractivity contribution in [1.82, 2.24) is 4.90 Å². The lowest BCUT2D eigenvalue weighted by atomic mass is 9.87. The molecule has 0 aromatic heterocycles. The minimum atomic E-state index is -1.71. The molecule has 2 aromatic carbocycles. The molecule has 0 spiro atoms. The highest BCUT2D eigenvalue weighted by Gasteiger charge is 2.44. The molecule has 0 saturated carbocycles. The normalized spacial score (nSPS) is 19.1. The summed E-state index contributed by atoms with van der Waals surface area (Å²) in [4.78, 5) is 26.5. The molecule has 1 N–H and O–H groups in total. The Balaban J connectivity index is 1.92. The first-order valence-corrected chi connectivity index (χ1v) is 8.03. The predicted octanol–water partition coefficient (Wildman–Crippen LogP) is 2.79. The first-order chi connectivity index (χ1) is 12.8. The van der Waals surface area contributed by atoms with Gasteiger partial charge in [-0.3, -0.25) is 9.59 Å². The molecule has 2 amide bonds. The third-order valence-electron chi connectivity index (χ3n) is 4.53. The van der Waals surface area contributed by atoms with E-state index in [1.165, 1.54) is 11.9 Å². The van der Waals surface area contributed by atoms with Gasteiger partial charge in [-0.1, -0.05) is 12.1 Å². The number of nitrogens with zero attached hydrogens (tertiary/aromatic N) is 2. The molecule has 0 aliphatic carbocycles. The summed E-state index contributed by atoms with van der Waals surface area (Å²) in [5.74, 6) is -7.69. The van der Waals surface area contributed by atoms with Crippen molar-refractivity contribution in [1.29, 1.82) is 5.26 Å². The van der Waals surface area contributed by atoms with Gasteiger partial charge in [0.15, 0.2) is 17.5 Å². The number of hydrogen-bond acceptors (Lipinski definition) is 3. The summed E-state index contributed by atoms with van der Waals surface area (Å²) in [5, 5.41) is 11.2. The molecule has 1 saturated heterocycles. The highest BCUT2D eigenvalue weighted by molar-refractivity contribution is 6.08. The predicted molar refractivity (Wildman–Crippen MR) is 90.0 cm³/mol. The van der Waals surface area contributed by atoms with Gasteiger partial charge in [-0.25, -0.2) is 13.2 Å². The van der Waals surface area contributed by atoms with E-state index in [4.69, 9.17) is 5.26 Å². The topological polar surface area (TPSA) is 73.2 Å². The van der Waals surface area contributed by atoms with Crippen LogP contribution in [0.25, 0.3) is 0 Å². The van der Waals surface area contributed by atoms with Crippen LogP contribution in [0.1, 0.15) is 17.0 Å². The maximum absolute atomic E-state index is 13.8. The van der Waals surface area contributed by atoms with E-state index in [-0.39, 0.29) is 6.54 Å². The van der Waals surface area contributed by atoms with Crippen LogP contribution in [0.15, 0.2) is 36.4 Å². The maximum atomic E-state index is 13.8. The Kier molecular flexibility index (Phi) is 4.86. The number of amides is 2. The van der Waals surface area contributed by atoms with Crippen LogP contribution >= 0.6 is 0 Å². The van der Waals surface area contributed by atoms with Crippen LogP contribution in [0.5, 0.6) is 0 Å². The molecule has 0 bridgehead atoms. The first kappa shape index (κ1) is 18.5. The van der Waals surface area contributed by atoms with Crippen molar-refractivity contribution in [2.75, 3.05) is 18.9 Å². The lowest BCUT2D eigenvalue weighted by Crippen LogP contribution is -2.33. The van der Waals surface area contributed by atoms with Crippen LogP contribution in [0.2, 0.25) is 0 Å². The number of benzene rings is 2. The average Bonchev–Trinajstić information content (AvgIpc) is 2.97. The lowest BCUT2D eigenvalue weighted by Gasteiger charge is -2.17. The number of likely N-dealkylation sites (tertiary alicyclic amines) is 1. The van der Waals surface area contributed by atoms with Gasteiger partial charge in [0, 0.05) is 19.5 Å². The summed E-state index contributed by atoms with van der Waals surface area (Å²) in [5.41, 5.74) is 0.434. The number of halogens is 3. The summed E-state index contributed by atoms with van der Waals surface area (Å²) < 4.78 is 40.3. The molecule has 2 aromatic rings. The summed E-state index contributed by atoms with van der Waals surface area (Å²) in [6.07, 6.45) is 0. The quantitative estimate of drug-likeness (QED) is 0.664. The van der Waals surface area contributed by atoms with E-state index in [0.717, 1.165) is 6.07 Å². The fourth-order valence-corrected chi connectivity index (χ4v) is 3.16. The van der Waals surface area contributed by atoms with Gasteiger partial charge in [-0.15, -0.1) is 0 Å². The number of carbonyl (C=O) groups excluding carboxylic acids is 2. The van der Waals surface area contributed by atoms with Gasteiger partial charge in [0.1, 0.15) is 5.92 Å². The number of rotatable bonds is 3. The Morgan fingerprint density at radius 3 is 2.67 bits per heavy atom. The smallest absolute Gasteiger partial charge is 0.237 e. The van der Waals surface area contributed by atoms with E-state index in [2.05, 4.69) is 5.32 Å². The Bertz CT molecular complexity index is 971. The SMILES string of the molecule is CN1C[C@H](c2cccc(C#N)c2)[C@@H](C(=O)Nc2ccc(F)c(F)c2F)C1=O. The zero-order valence-corrected chi connectivity index (χ0v) is 14.2. The van der Waals surface area contributed by atoms with Gasteiger partial charge < -0.3 is 10.2 Å². The van der Waals surface area contributed by atoms with Gasteiger partial charge in [0.05, 0.1) is 17.3 Å². The second-order valence-electron chi connectivity index (χ2n) is 6.25. The van der Waals surface area contributed by atoms with Crippen molar-refractivity contribution in [3.05, 3.63) is 65.0 Å². The van der Waals surface area contributed by atoms with Crippen molar-refractivity contribution in [2.45, 2.75) is 5.92 Å². The average molecular weight is 373 g/mol. The number of nitriles is 1. The Morgan fingerprint density at radius 2 is 1.96 bits per heavy atom.